The number of ether oxygens (including phenoxy) is 4. The van der Waals surface area contributed by atoms with Crippen molar-refractivity contribution in [1.82, 2.24) is 5.32 Å². The Morgan fingerprint density at radius 2 is 1.03 bits per heavy atom. The van der Waals surface area contributed by atoms with Gasteiger partial charge in [-0.3, -0.25) is 4.79 Å². The number of carbonyl (C=O) groups excluding carboxylic acids is 1. The van der Waals surface area contributed by atoms with E-state index in [0.717, 1.165) is 51.4 Å². The maximum Gasteiger partial charge on any atom is 0.220 e. The van der Waals surface area contributed by atoms with E-state index in [9.17, 15) is 45.6 Å². The predicted octanol–water partition coefficient (Wildman–Crippen LogP) is 5.54. The second-order valence-electron chi connectivity index (χ2n) is 17.2. The number of nitrogens with one attached hydrogen (secondary N) is 1. The van der Waals surface area contributed by atoms with E-state index in [1.165, 1.54) is 83.5 Å². The number of aliphatic hydroxyl groups is 8. The zero-order valence-electron chi connectivity index (χ0n) is 38.1. The van der Waals surface area contributed by atoms with Gasteiger partial charge in [0.05, 0.1) is 32.0 Å². The van der Waals surface area contributed by atoms with Crippen molar-refractivity contribution < 1.29 is 64.6 Å². The fourth-order valence-electron chi connectivity index (χ4n) is 7.77. The molecule has 2 rings (SSSR count). The van der Waals surface area contributed by atoms with E-state index in [2.05, 4.69) is 43.5 Å². The summed E-state index contributed by atoms with van der Waals surface area (Å²) >= 11 is 0. The van der Waals surface area contributed by atoms with Gasteiger partial charge < -0.3 is 65.1 Å². The normalized spacial score (nSPS) is 28.0. The van der Waals surface area contributed by atoms with Crippen LogP contribution in [0.5, 0.6) is 0 Å². The molecule has 12 unspecified atom stereocenters. The molecule has 2 aliphatic heterocycles. The SMILES string of the molecule is CCCCCCCC/C=C\CCCCCCCC(=O)NC(COC1OC(CO)C(OC2OC(CO)C(O)C(O)C2O)C(O)C1O)C(O)/C=C/CC/C=C/CCCCCCCCC. The molecule has 0 saturated carbocycles. The van der Waals surface area contributed by atoms with Crippen LogP contribution in [0.3, 0.4) is 0 Å². The zero-order chi connectivity index (χ0) is 45.4. The van der Waals surface area contributed by atoms with E-state index < -0.39 is 86.8 Å². The number of allylic oxidation sites excluding steroid dienone is 5. The van der Waals surface area contributed by atoms with E-state index >= 15 is 0 Å². The molecule has 1 amide bonds. The lowest BCUT2D eigenvalue weighted by Crippen LogP contribution is -2.65. The maximum atomic E-state index is 13.1. The number of hydrogen-bond acceptors (Lipinski definition) is 13. The molecular formula is C48H87NO13. The third-order valence-corrected chi connectivity index (χ3v) is 11.8. The van der Waals surface area contributed by atoms with Crippen LogP contribution >= 0.6 is 0 Å². The Hall–Kier alpha value is -1.79. The first-order valence-corrected chi connectivity index (χ1v) is 24.2. The van der Waals surface area contributed by atoms with Crippen LogP contribution in [0, 0.1) is 0 Å². The fourth-order valence-corrected chi connectivity index (χ4v) is 7.77. The summed E-state index contributed by atoms with van der Waals surface area (Å²) in [5.74, 6) is -0.261. The van der Waals surface area contributed by atoms with E-state index in [1.807, 2.05) is 6.08 Å². The van der Waals surface area contributed by atoms with Crippen molar-refractivity contribution >= 4 is 5.91 Å². The lowest BCUT2D eigenvalue weighted by molar-refractivity contribution is -0.359. The molecule has 0 spiro atoms. The van der Waals surface area contributed by atoms with Gasteiger partial charge in [-0.1, -0.05) is 140 Å². The molecule has 2 fully saturated rings. The summed E-state index contributed by atoms with van der Waals surface area (Å²) in [7, 11) is 0. The van der Waals surface area contributed by atoms with Crippen molar-refractivity contribution in [3.8, 4) is 0 Å². The van der Waals surface area contributed by atoms with Gasteiger partial charge in [0.15, 0.2) is 12.6 Å². The molecule has 9 N–H and O–H groups in total. The molecule has 2 aliphatic rings. The van der Waals surface area contributed by atoms with Gasteiger partial charge in [0.2, 0.25) is 5.91 Å². The third-order valence-electron chi connectivity index (χ3n) is 11.8. The highest BCUT2D eigenvalue weighted by atomic mass is 16.7. The summed E-state index contributed by atoms with van der Waals surface area (Å²) in [5.41, 5.74) is 0. The lowest BCUT2D eigenvalue weighted by atomic mass is 9.97. The molecule has 2 saturated heterocycles. The average molecular weight is 886 g/mol. The van der Waals surface area contributed by atoms with Gasteiger partial charge >= 0.3 is 0 Å². The van der Waals surface area contributed by atoms with E-state index in [0.29, 0.717) is 12.8 Å². The highest BCUT2D eigenvalue weighted by molar-refractivity contribution is 5.76. The highest BCUT2D eigenvalue weighted by Gasteiger charge is 2.51. The number of aliphatic hydroxyl groups excluding tert-OH is 8. The van der Waals surface area contributed by atoms with Crippen LogP contribution in [-0.2, 0) is 23.7 Å². The van der Waals surface area contributed by atoms with Gasteiger partial charge in [-0.25, -0.2) is 0 Å². The molecule has 0 aromatic carbocycles. The molecule has 0 bridgehead atoms. The third kappa shape index (κ3) is 22.9. The minimum Gasteiger partial charge on any atom is -0.394 e. The van der Waals surface area contributed by atoms with E-state index in [-0.39, 0.29) is 18.9 Å². The lowest BCUT2D eigenvalue weighted by Gasteiger charge is -2.46. The van der Waals surface area contributed by atoms with Crippen LogP contribution in [0.25, 0.3) is 0 Å². The Morgan fingerprint density at radius 1 is 0.565 bits per heavy atom. The van der Waals surface area contributed by atoms with Crippen LogP contribution in [0.2, 0.25) is 0 Å². The number of rotatable bonds is 36. The Morgan fingerprint density at radius 3 is 1.58 bits per heavy atom. The standard InChI is InChI=1S/C48H87NO13/c1-3-5-7-9-11-13-15-17-18-20-22-24-26-28-30-32-40(53)49-36(37(52)31-29-27-25-23-21-19-16-14-12-10-8-6-4-2)35-59-47-45(58)43(56)46(39(34-51)61-47)62-48-44(57)42(55)41(54)38(33-50)60-48/h17-18,21,23,29,31,36-39,41-48,50-52,54-58H,3-16,19-20,22,24-28,30,32-35H2,1-2H3,(H,49,53)/b18-17-,23-21+,31-29+. The molecule has 14 heteroatoms. The molecule has 2 heterocycles. The van der Waals surface area contributed by atoms with Gasteiger partial charge in [-0.05, 0) is 57.8 Å². The Labute approximate surface area is 372 Å². The molecule has 14 nitrogen and oxygen atoms in total. The monoisotopic (exact) mass is 886 g/mol. The van der Waals surface area contributed by atoms with Crippen molar-refractivity contribution in [1.29, 1.82) is 0 Å². The van der Waals surface area contributed by atoms with Crippen molar-refractivity contribution in [3.63, 3.8) is 0 Å². The molecule has 0 aliphatic carbocycles. The van der Waals surface area contributed by atoms with Gasteiger partial charge in [0.1, 0.15) is 48.8 Å². The predicted molar refractivity (Wildman–Crippen MR) is 240 cm³/mol. The minimum absolute atomic E-state index is 0.261. The fraction of sp³-hybridized carbons (Fsp3) is 0.854. The molecule has 362 valence electrons. The Balaban J connectivity index is 1.90. The summed E-state index contributed by atoms with van der Waals surface area (Å²) in [6.45, 7) is 2.72. The van der Waals surface area contributed by atoms with E-state index in [4.69, 9.17) is 18.9 Å². The van der Waals surface area contributed by atoms with Gasteiger partial charge in [-0.15, -0.1) is 0 Å². The second-order valence-corrected chi connectivity index (χ2v) is 17.2. The Kier molecular flexibility index (Phi) is 32.2. The quantitative estimate of drug-likeness (QED) is 0.0279. The first-order chi connectivity index (χ1) is 30.1. The molecule has 0 aromatic rings. The van der Waals surface area contributed by atoms with Crippen LogP contribution in [-0.4, -0.2) is 140 Å². The first-order valence-electron chi connectivity index (χ1n) is 24.2. The topological polar surface area (TPSA) is 228 Å². The van der Waals surface area contributed by atoms with Crippen molar-refractivity contribution in [3.05, 3.63) is 36.5 Å². The van der Waals surface area contributed by atoms with E-state index in [1.54, 1.807) is 6.08 Å². The van der Waals surface area contributed by atoms with Gasteiger partial charge in [0.25, 0.3) is 0 Å². The second kappa shape index (κ2) is 35.5. The molecule has 0 radical (unpaired) electrons. The number of amides is 1. The van der Waals surface area contributed by atoms with Crippen molar-refractivity contribution in [2.24, 2.45) is 0 Å². The highest BCUT2D eigenvalue weighted by Crippen LogP contribution is 2.30. The molecular weight excluding hydrogens is 799 g/mol. The summed E-state index contributed by atoms with van der Waals surface area (Å²) < 4.78 is 22.6. The van der Waals surface area contributed by atoms with Crippen LogP contribution in [0.15, 0.2) is 36.5 Å². The largest absolute Gasteiger partial charge is 0.394 e. The number of unbranched alkanes of at least 4 members (excludes halogenated alkanes) is 19. The zero-order valence-corrected chi connectivity index (χ0v) is 38.1. The molecule has 0 aromatic heterocycles. The first kappa shape index (κ1) is 56.3. The van der Waals surface area contributed by atoms with Crippen LogP contribution < -0.4 is 5.32 Å². The summed E-state index contributed by atoms with van der Waals surface area (Å²) in [6.07, 6.45) is 21.9. The van der Waals surface area contributed by atoms with Gasteiger partial charge in [-0.2, -0.15) is 0 Å². The molecule has 62 heavy (non-hydrogen) atoms. The summed E-state index contributed by atoms with van der Waals surface area (Å²) in [5, 5.41) is 86.5. The minimum atomic E-state index is -1.79. The number of hydrogen-bond donors (Lipinski definition) is 9. The number of carbonyl (C=O) groups is 1. The Bertz CT molecular complexity index is 1190. The average Bonchev–Trinajstić information content (AvgIpc) is 3.27. The molecule has 12 atom stereocenters. The van der Waals surface area contributed by atoms with Crippen LogP contribution in [0.1, 0.15) is 168 Å². The summed E-state index contributed by atoms with van der Waals surface area (Å²) in [6, 6.07) is -0.932. The summed E-state index contributed by atoms with van der Waals surface area (Å²) in [4.78, 5) is 13.1. The van der Waals surface area contributed by atoms with Gasteiger partial charge in [0, 0.05) is 6.42 Å². The van der Waals surface area contributed by atoms with Crippen molar-refractivity contribution in [2.75, 3.05) is 19.8 Å². The maximum absolute atomic E-state index is 13.1. The van der Waals surface area contributed by atoms with Crippen LogP contribution in [0.4, 0.5) is 0 Å². The smallest absolute Gasteiger partial charge is 0.220 e. The van der Waals surface area contributed by atoms with Crippen molar-refractivity contribution in [2.45, 2.75) is 242 Å².